The van der Waals surface area contributed by atoms with Crippen molar-refractivity contribution in [1.29, 1.82) is 5.26 Å². The number of nitrogens with zero attached hydrogens (tertiary/aromatic N) is 2. The van der Waals surface area contributed by atoms with Crippen molar-refractivity contribution in [3.05, 3.63) is 24.3 Å². The molecule has 0 radical (unpaired) electrons. The molecule has 2 unspecified atom stereocenters. The molecule has 0 aliphatic carbocycles. The molecule has 1 heterocycles. The molecule has 1 aromatic rings. The first kappa shape index (κ1) is 13.7. The molecule has 0 spiro atoms. The SMILES string of the molecule is COc1cccc(N2CC(CC#N)NCCC2C)c1. The highest BCUT2D eigenvalue weighted by atomic mass is 16.5. The van der Waals surface area contributed by atoms with Crippen LogP contribution in [0.2, 0.25) is 0 Å². The average Bonchev–Trinajstić information content (AvgIpc) is 2.61. The van der Waals surface area contributed by atoms with E-state index >= 15 is 0 Å². The Hall–Kier alpha value is -1.73. The predicted molar refractivity (Wildman–Crippen MR) is 76.4 cm³/mol. The molecule has 1 aliphatic heterocycles. The Kier molecular flexibility index (Phi) is 4.64. The third kappa shape index (κ3) is 3.39. The first-order chi connectivity index (χ1) is 9.24. The second-order valence-electron chi connectivity index (χ2n) is 5.00. The van der Waals surface area contributed by atoms with Crippen LogP contribution in [0.1, 0.15) is 19.8 Å². The predicted octanol–water partition coefficient (Wildman–Crippen LogP) is 2.17. The Morgan fingerprint density at radius 1 is 1.53 bits per heavy atom. The van der Waals surface area contributed by atoms with E-state index in [0.29, 0.717) is 12.5 Å². The maximum Gasteiger partial charge on any atom is 0.120 e. The molecule has 2 rings (SSSR count). The van der Waals surface area contributed by atoms with Gasteiger partial charge in [-0.1, -0.05) is 6.07 Å². The molecular formula is C15H21N3O. The van der Waals surface area contributed by atoms with Gasteiger partial charge in [0.15, 0.2) is 0 Å². The molecule has 2 atom stereocenters. The number of hydrogen-bond acceptors (Lipinski definition) is 4. The lowest BCUT2D eigenvalue weighted by Crippen LogP contribution is -2.40. The number of rotatable bonds is 3. The number of methoxy groups -OCH3 is 1. The lowest BCUT2D eigenvalue weighted by Gasteiger charge is -2.31. The topological polar surface area (TPSA) is 48.3 Å². The Labute approximate surface area is 115 Å². The Bertz CT molecular complexity index is 455. The number of benzene rings is 1. The summed E-state index contributed by atoms with van der Waals surface area (Å²) in [7, 11) is 1.69. The molecule has 0 saturated carbocycles. The summed E-state index contributed by atoms with van der Waals surface area (Å²) in [5, 5.41) is 12.3. The second-order valence-corrected chi connectivity index (χ2v) is 5.00. The van der Waals surface area contributed by atoms with E-state index in [9.17, 15) is 0 Å². The van der Waals surface area contributed by atoms with Gasteiger partial charge in [0.1, 0.15) is 5.75 Å². The molecule has 4 heteroatoms. The summed E-state index contributed by atoms with van der Waals surface area (Å²) in [5.74, 6) is 0.874. The first-order valence-corrected chi connectivity index (χ1v) is 6.75. The lowest BCUT2D eigenvalue weighted by atomic mass is 10.1. The minimum absolute atomic E-state index is 0.237. The highest BCUT2D eigenvalue weighted by molar-refractivity contribution is 5.52. The fourth-order valence-corrected chi connectivity index (χ4v) is 2.53. The van der Waals surface area contributed by atoms with Crippen LogP contribution < -0.4 is 15.0 Å². The summed E-state index contributed by atoms with van der Waals surface area (Å²) in [5.41, 5.74) is 1.17. The third-order valence-electron chi connectivity index (χ3n) is 3.67. The molecule has 1 aromatic carbocycles. The van der Waals surface area contributed by atoms with Gasteiger partial charge in [0, 0.05) is 30.4 Å². The zero-order chi connectivity index (χ0) is 13.7. The van der Waals surface area contributed by atoms with Crippen molar-refractivity contribution < 1.29 is 4.74 Å². The van der Waals surface area contributed by atoms with E-state index < -0.39 is 0 Å². The highest BCUT2D eigenvalue weighted by Crippen LogP contribution is 2.25. The van der Waals surface area contributed by atoms with Crippen molar-refractivity contribution in [3.63, 3.8) is 0 Å². The normalized spacial score (nSPS) is 23.5. The summed E-state index contributed by atoms with van der Waals surface area (Å²) in [6.45, 7) is 4.06. The summed E-state index contributed by atoms with van der Waals surface area (Å²) in [6, 6.07) is 11.1. The number of nitrogens with one attached hydrogen (secondary N) is 1. The minimum atomic E-state index is 0.237. The number of hydrogen-bond donors (Lipinski definition) is 1. The molecule has 102 valence electrons. The van der Waals surface area contributed by atoms with Crippen LogP contribution >= 0.6 is 0 Å². The van der Waals surface area contributed by atoms with Crippen molar-refractivity contribution >= 4 is 5.69 Å². The van der Waals surface area contributed by atoms with Crippen molar-refractivity contribution in [2.24, 2.45) is 0 Å². The maximum atomic E-state index is 8.89. The molecule has 1 N–H and O–H groups in total. The summed E-state index contributed by atoms with van der Waals surface area (Å²) >= 11 is 0. The van der Waals surface area contributed by atoms with Crippen molar-refractivity contribution in [1.82, 2.24) is 5.32 Å². The van der Waals surface area contributed by atoms with Gasteiger partial charge in [0.25, 0.3) is 0 Å². The van der Waals surface area contributed by atoms with Gasteiger partial charge in [-0.25, -0.2) is 0 Å². The highest BCUT2D eigenvalue weighted by Gasteiger charge is 2.23. The zero-order valence-electron chi connectivity index (χ0n) is 11.6. The summed E-state index contributed by atoms with van der Waals surface area (Å²) in [6.07, 6.45) is 1.63. The number of nitriles is 1. The smallest absolute Gasteiger partial charge is 0.120 e. The van der Waals surface area contributed by atoms with Crippen LogP contribution in [0.4, 0.5) is 5.69 Å². The Morgan fingerprint density at radius 2 is 2.37 bits per heavy atom. The van der Waals surface area contributed by atoms with E-state index in [1.54, 1.807) is 7.11 Å². The monoisotopic (exact) mass is 259 g/mol. The van der Waals surface area contributed by atoms with E-state index in [1.165, 1.54) is 5.69 Å². The van der Waals surface area contributed by atoms with E-state index in [0.717, 1.165) is 25.3 Å². The van der Waals surface area contributed by atoms with Gasteiger partial charge in [0.2, 0.25) is 0 Å². The van der Waals surface area contributed by atoms with Gasteiger partial charge < -0.3 is 15.0 Å². The Morgan fingerprint density at radius 3 is 3.11 bits per heavy atom. The molecule has 0 bridgehead atoms. The van der Waals surface area contributed by atoms with Gasteiger partial charge in [-0.3, -0.25) is 0 Å². The molecule has 1 saturated heterocycles. The maximum absolute atomic E-state index is 8.89. The van der Waals surface area contributed by atoms with Crippen LogP contribution in [0.25, 0.3) is 0 Å². The Balaban J connectivity index is 2.20. The second kappa shape index (κ2) is 6.44. The van der Waals surface area contributed by atoms with Gasteiger partial charge in [-0.15, -0.1) is 0 Å². The number of anilines is 1. The standard InChI is InChI=1S/C15H21N3O/c1-12-7-9-17-13(6-8-16)11-18(12)14-4-3-5-15(10-14)19-2/h3-5,10,12-13,17H,6-7,9,11H2,1-2H3. The van der Waals surface area contributed by atoms with Crippen LogP contribution in [-0.2, 0) is 0 Å². The van der Waals surface area contributed by atoms with Crippen LogP contribution in [0.15, 0.2) is 24.3 Å². The molecule has 0 amide bonds. The first-order valence-electron chi connectivity index (χ1n) is 6.75. The molecular weight excluding hydrogens is 238 g/mol. The lowest BCUT2D eigenvalue weighted by molar-refractivity contribution is 0.414. The average molecular weight is 259 g/mol. The van der Waals surface area contributed by atoms with Gasteiger partial charge in [-0.05, 0) is 32.0 Å². The fourth-order valence-electron chi connectivity index (χ4n) is 2.53. The zero-order valence-corrected chi connectivity index (χ0v) is 11.6. The molecule has 19 heavy (non-hydrogen) atoms. The third-order valence-corrected chi connectivity index (χ3v) is 3.67. The van der Waals surface area contributed by atoms with Crippen molar-refractivity contribution in [3.8, 4) is 11.8 Å². The van der Waals surface area contributed by atoms with E-state index in [-0.39, 0.29) is 6.04 Å². The van der Waals surface area contributed by atoms with Crippen molar-refractivity contribution in [2.75, 3.05) is 25.1 Å². The fraction of sp³-hybridized carbons (Fsp3) is 0.533. The quantitative estimate of drug-likeness (QED) is 0.903. The van der Waals surface area contributed by atoms with Crippen LogP contribution in [-0.4, -0.2) is 32.3 Å². The van der Waals surface area contributed by atoms with E-state index in [1.807, 2.05) is 12.1 Å². The number of ether oxygens (including phenoxy) is 1. The molecule has 0 aromatic heterocycles. The minimum Gasteiger partial charge on any atom is -0.497 e. The summed E-state index contributed by atoms with van der Waals surface area (Å²) < 4.78 is 5.29. The van der Waals surface area contributed by atoms with E-state index in [2.05, 4.69) is 35.3 Å². The van der Waals surface area contributed by atoms with Crippen molar-refractivity contribution in [2.45, 2.75) is 31.8 Å². The molecule has 1 fully saturated rings. The van der Waals surface area contributed by atoms with Crippen LogP contribution in [0.3, 0.4) is 0 Å². The molecule has 1 aliphatic rings. The van der Waals surface area contributed by atoms with Gasteiger partial charge in [-0.2, -0.15) is 5.26 Å². The van der Waals surface area contributed by atoms with Gasteiger partial charge in [0.05, 0.1) is 19.6 Å². The van der Waals surface area contributed by atoms with Crippen LogP contribution in [0.5, 0.6) is 5.75 Å². The van der Waals surface area contributed by atoms with Crippen LogP contribution in [0, 0.1) is 11.3 Å². The molecule has 4 nitrogen and oxygen atoms in total. The largest absolute Gasteiger partial charge is 0.497 e. The van der Waals surface area contributed by atoms with E-state index in [4.69, 9.17) is 10.00 Å². The summed E-state index contributed by atoms with van der Waals surface area (Å²) in [4.78, 5) is 2.37. The van der Waals surface area contributed by atoms with Gasteiger partial charge >= 0.3 is 0 Å².